The Kier molecular flexibility index (Phi) is 2.04. The van der Waals surface area contributed by atoms with Gasteiger partial charge in [0.2, 0.25) is 0 Å². The van der Waals surface area contributed by atoms with E-state index in [4.69, 9.17) is 0 Å². The third kappa shape index (κ3) is 1.72. The van der Waals surface area contributed by atoms with Crippen LogP contribution in [0, 0.1) is 6.92 Å². The highest BCUT2D eigenvalue weighted by atomic mass is 15.5. The van der Waals surface area contributed by atoms with Gasteiger partial charge in [0.25, 0.3) is 0 Å². The first-order chi connectivity index (χ1) is 6.36. The number of nitrogens with zero attached hydrogens (tertiary/aromatic N) is 4. The van der Waals surface area contributed by atoms with E-state index in [1.54, 1.807) is 4.68 Å². The van der Waals surface area contributed by atoms with Crippen LogP contribution in [-0.4, -0.2) is 20.2 Å². The largest absolute Gasteiger partial charge is 0.225 e. The molecule has 0 N–H and O–H groups in total. The Morgan fingerprint density at radius 2 is 2.00 bits per heavy atom. The van der Waals surface area contributed by atoms with Crippen molar-refractivity contribution in [3.8, 4) is 0 Å². The van der Waals surface area contributed by atoms with Crippen LogP contribution in [0.5, 0.6) is 0 Å². The second-order valence-electron chi connectivity index (χ2n) is 2.74. The second-order valence-corrected chi connectivity index (χ2v) is 2.74. The Morgan fingerprint density at radius 1 is 1.23 bits per heavy atom. The molecule has 4 heteroatoms. The van der Waals surface area contributed by atoms with Gasteiger partial charge in [-0.15, -0.1) is 5.10 Å². The summed E-state index contributed by atoms with van der Waals surface area (Å²) in [6, 6.07) is 10.0. The Hall–Kier alpha value is -1.71. The number of tetrazole rings is 1. The highest BCUT2D eigenvalue weighted by Crippen LogP contribution is 2.01. The highest BCUT2D eigenvalue weighted by molar-refractivity contribution is 5.15. The summed E-state index contributed by atoms with van der Waals surface area (Å²) in [5.41, 5.74) is 1.17. The molecule has 0 saturated heterocycles. The first-order valence-electron chi connectivity index (χ1n) is 3.98. The molecule has 1 radical (unpaired) electrons. The van der Waals surface area contributed by atoms with Gasteiger partial charge in [-0.2, -0.15) is 0 Å². The lowest BCUT2D eigenvalue weighted by molar-refractivity contribution is 0.640. The van der Waals surface area contributed by atoms with Crippen molar-refractivity contribution in [2.75, 3.05) is 0 Å². The zero-order valence-electron chi connectivity index (χ0n) is 7.09. The fraction of sp³-hybridized carbons (Fsp3) is 0.111. The van der Waals surface area contributed by atoms with Crippen molar-refractivity contribution >= 4 is 0 Å². The Labute approximate surface area is 76.2 Å². The van der Waals surface area contributed by atoms with E-state index in [-0.39, 0.29) is 0 Å². The lowest BCUT2D eigenvalue weighted by Gasteiger charge is -2.00. The summed E-state index contributed by atoms with van der Waals surface area (Å²) in [6.07, 6.45) is 0. The molecular formula is C9H9N4. The molecule has 65 valence electrons. The Morgan fingerprint density at radius 3 is 2.62 bits per heavy atom. The van der Waals surface area contributed by atoms with Crippen LogP contribution in [0.25, 0.3) is 0 Å². The monoisotopic (exact) mass is 173 g/mol. The van der Waals surface area contributed by atoms with Crippen molar-refractivity contribution in [2.45, 2.75) is 6.54 Å². The van der Waals surface area contributed by atoms with E-state index in [9.17, 15) is 0 Å². The minimum atomic E-state index is 0.587. The van der Waals surface area contributed by atoms with Crippen molar-refractivity contribution in [2.24, 2.45) is 0 Å². The lowest BCUT2D eigenvalue weighted by atomic mass is 10.2. The summed E-state index contributed by atoms with van der Waals surface area (Å²) in [6.45, 7) is 4.38. The molecule has 0 bridgehead atoms. The Balaban J connectivity index is 2.20. The first-order valence-corrected chi connectivity index (χ1v) is 3.98. The van der Waals surface area contributed by atoms with Crippen LogP contribution in [0.1, 0.15) is 11.4 Å². The molecule has 0 aliphatic rings. The van der Waals surface area contributed by atoms with Crippen LogP contribution >= 0.6 is 0 Å². The standard InChI is InChI=1S/C9H9N4/c1-8-10-11-12-13(8)7-9-5-3-2-4-6-9/h2-6H,1,7H2. The van der Waals surface area contributed by atoms with Crippen LogP contribution in [0.15, 0.2) is 30.3 Å². The van der Waals surface area contributed by atoms with Crippen molar-refractivity contribution < 1.29 is 0 Å². The van der Waals surface area contributed by atoms with E-state index in [1.165, 1.54) is 5.56 Å². The van der Waals surface area contributed by atoms with Gasteiger partial charge in [-0.3, -0.25) is 0 Å². The number of rotatable bonds is 2. The maximum atomic E-state index is 3.80. The van der Waals surface area contributed by atoms with Crippen molar-refractivity contribution in [3.63, 3.8) is 0 Å². The highest BCUT2D eigenvalue weighted by Gasteiger charge is 1.99. The molecule has 0 fully saturated rings. The minimum absolute atomic E-state index is 0.587. The van der Waals surface area contributed by atoms with Crippen LogP contribution in [0.4, 0.5) is 0 Å². The van der Waals surface area contributed by atoms with Crippen molar-refractivity contribution in [3.05, 3.63) is 48.6 Å². The molecule has 0 aliphatic carbocycles. The SMILES string of the molecule is [CH2]c1nnnn1Cc1ccccc1. The van der Waals surface area contributed by atoms with Crippen molar-refractivity contribution in [1.82, 2.24) is 20.2 Å². The van der Waals surface area contributed by atoms with Crippen molar-refractivity contribution in [1.29, 1.82) is 0 Å². The second kappa shape index (κ2) is 3.35. The zero-order valence-corrected chi connectivity index (χ0v) is 7.09. The molecule has 0 spiro atoms. The number of hydrogen-bond donors (Lipinski definition) is 0. The lowest BCUT2D eigenvalue weighted by Crippen LogP contribution is -2.03. The summed E-state index contributed by atoms with van der Waals surface area (Å²) < 4.78 is 1.66. The molecule has 0 aliphatic heterocycles. The van der Waals surface area contributed by atoms with Crippen LogP contribution < -0.4 is 0 Å². The number of aromatic nitrogens is 4. The molecule has 1 aromatic carbocycles. The molecule has 0 atom stereocenters. The van der Waals surface area contributed by atoms with Gasteiger partial charge in [0.05, 0.1) is 6.54 Å². The number of hydrogen-bond acceptors (Lipinski definition) is 3. The molecule has 2 rings (SSSR count). The van der Waals surface area contributed by atoms with E-state index in [0.717, 1.165) is 0 Å². The van der Waals surface area contributed by atoms with Gasteiger partial charge in [-0.05, 0) is 16.0 Å². The van der Waals surface area contributed by atoms with E-state index in [2.05, 4.69) is 22.4 Å². The Bertz CT molecular complexity index is 380. The quantitative estimate of drug-likeness (QED) is 0.677. The van der Waals surface area contributed by atoms with Gasteiger partial charge in [0.15, 0.2) is 5.82 Å². The van der Waals surface area contributed by atoms with E-state index < -0.39 is 0 Å². The predicted molar refractivity (Wildman–Crippen MR) is 47.8 cm³/mol. The van der Waals surface area contributed by atoms with Gasteiger partial charge < -0.3 is 0 Å². The molecule has 0 saturated carbocycles. The molecule has 0 unspecified atom stereocenters. The van der Waals surface area contributed by atoms with Gasteiger partial charge >= 0.3 is 0 Å². The minimum Gasteiger partial charge on any atom is -0.225 e. The van der Waals surface area contributed by atoms with Crippen LogP contribution in [0.3, 0.4) is 0 Å². The van der Waals surface area contributed by atoms with Crippen LogP contribution in [0.2, 0.25) is 0 Å². The summed E-state index contributed by atoms with van der Waals surface area (Å²) in [5.74, 6) is 0.587. The fourth-order valence-electron chi connectivity index (χ4n) is 1.10. The van der Waals surface area contributed by atoms with Gasteiger partial charge in [0.1, 0.15) is 0 Å². The smallest absolute Gasteiger partial charge is 0.152 e. The number of benzene rings is 1. The van der Waals surface area contributed by atoms with Crippen LogP contribution in [-0.2, 0) is 6.54 Å². The summed E-state index contributed by atoms with van der Waals surface area (Å²) >= 11 is 0. The topological polar surface area (TPSA) is 43.6 Å². The van der Waals surface area contributed by atoms with Gasteiger partial charge in [-0.25, -0.2) is 4.68 Å². The van der Waals surface area contributed by atoms with E-state index >= 15 is 0 Å². The summed E-state index contributed by atoms with van der Waals surface area (Å²) in [7, 11) is 0. The third-order valence-corrected chi connectivity index (χ3v) is 1.78. The summed E-state index contributed by atoms with van der Waals surface area (Å²) in [5, 5.41) is 11.0. The molecular weight excluding hydrogens is 164 g/mol. The molecule has 1 heterocycles. The molecule has 0 amide bonds. The molecule has 2 aromatic rings. The predicted octanol–water partition coefficient (Wildman–Crippen LogP) is 0.904. The maximum Gasteiger partial charge on any atom is 0.152 e. The average molecular weight is 173 g/mol. The summed E-state index contributed by atoms with van der Waals surface area (Å²) in [4.78, 5) is 0. The van der Waals surface area contributed by atoms with E-state index in [0.29, 0.717) is 12.4 Å². The fourth-order valence-corrected chi connectivity index (χ4v) is 1.10. The first kappa shape index (κ1) is 7.91. The maximum absolute atomic E-state index is 3.80. The molecule has 13 heavy (non-hydrogen) atoms. The average Bonchev–Trinajstić information content (AvgIpc) is 2.54. The normalized spacial score (nSPS) is 10.2. The molecule has 1 aromatic heterocycles. The molecule has 4 nitrogen and oxygen atoms in total. The third-order valence-electron chi connectivity index (χ3n) is 1.78. The van der Waals surface area contributed by atoms with Gasteiger partial charge in [-0.1, -0.05) is 30.3 Å². The van der Waals surface area contributed by atoms with E-state index in [1.807, 2.05) is 30.3 Å². The van der Waals surface area contributed by atoms with Gasteiger partial charge in [0, 0.05) is 6.92 Å². The zero-order chi connectivity index (χ0) is 9.10.